The van der Waals surface area contributed by atoms with E-state index in [-0.39, 0.29) is 71.0 Å². The van der Waals surface area contributed by atoms with Crippen molar-refractivity contribution < 1.29 is 35.6 Å². The van der Waals surface area contributed by atoms with Crippen LogP contribution in [0, 0.1) is 0 Å². The minimum absolute atomic E-state index is 0.143. The summed E-state index contributed by atoms with van der Waals surface area (Å²) in [5, 5.41) is 1.75. The normalized spacial score (nSPS) is 22.6. The fraction of sp³-hybridized carbons (Fsp3) is 0.600. The molecular formula is C60H96O8Si4. The Hall–Kier alpha value is -2.57. The smallest absolute Gasteiger partial charge is 0.387 e. The van der Waals surface area contributed by atoms with Crippen LogP contribution in [0.25, 0.3) is 0 Å². The van der Waals surface area contributed by atoms with Crippen LogP contribution >= 0.6 is 0 Å². The Bertz CT molecular complexity index is 2080. The summed E-state index contributed by atoms with van der Waals surface area (Å²) in [6.07, 6.45) is 0. The van der Waals surface area contributed by atoms with E-state index in [9.17, 15) is 19.2 Å². The maximum Gasteiger partial charge on any atom is 0.520 e. The molecule has 0 unspecified atom stereocenters. The molecule has 1 fully saturated rings. The van der Waals surface area contributed by atoms with Crippen molar-refractivity contribution in [3.63, 3.8) is 0 Å². The van der Waals surface area contributed by atoms with Crippen LogP contribution in [0.5, 0.6) is 0 Å². The molecule has 4 aromatic carbocycles. The lowest BCUT2D eigenvalue weighted by Gasteiger charge is -2.48. The third-order valence-corrected chi connectivity index (χ3v) is 28.6. The van der Waals surface area contributed by atoms with Gasteiger partial charge in [-0.2, -0.15) is 0 Å². The first-order valence-corrected chi connectivity index (χ1v) is 34.5. The van der Waals surface area contributed by atoms with Crippen LogP contribution in [0.1, 0.15) is 304 Å². The summed E-state index contributed by atoms with van der Waals surface area (Å²) in [6.45, 7) is 50.8. The van der Waals surface area contributed by atoms with E-state index in [1.54, 1.807) is 0 Å². The van der Waals surface area contributed by atoms with Crippen LogP contribution in [0.4, 0.5) is 0 Å². The third kappa shape index (κ3) is 12.0. The Kier molecular flexibility index (Phi) is 18.9. The summed E-state index contributed by atoms with van der Waals surface area (Å²) in [4.78, 5) is 58.3. The zero-order valence-corrected chi connectivity index (χ0v) is 53.0. The molecule has 0 radical (unpaired) electrons. The van der Waals surface area contributed by atoms with E-state index in [2.05, 4.69) is 215 Å². The van der Waals surface area contributed by atoms with Gasteiger partial charge in [-0.15, -0.1) is 0 Å². The highest BCUT2D eigenvalue weighted by Crippen LogP contribution is 2.40. The highest BCUT2D eigenvalue weighted by atomic mass is 28.6. The van der Waals surface area contributed by atoms with Gasteiger partial charge in [-0.25, -0.2) is 0 Å². The predicted molar refractivity (Wildman–Crippen MR) is 310 cm³/mol. The molecule has 0 bridgehead atoms. The van der Waals surface area contributed by atoms with E-state index in [1.807, 2.05) is 0 Å². The first-order chi connectivity index (χ1) is 33.0. The van der Waals surface area contributed by atoms with Crippen molar-refractivity contribution in [1.29, 1.82) is 0 Å². The lowest BCUT2D eigenvalue weighted by atomic mass is 9.89. The Morgan fingerprint density at radius 3 is 0.417 bits per heavy atom. The van der Waals surface area contributed by atoms with E-state index in [4.69, 9.17) is 16.5 Å². The van der Waals surface area contributed by atoms with Crippen LogP contribution in [0.3, 0.4) is 0 Å². The molecule has 1 aliphatic heterocycles. The third-order valence-electron chi connectivity index (χ3n) is 14.9. The minimum atomic E-state index is -5.28. The van der Waals surface area contributed by atoms with Gasteiger partial charge in [0.1, 0.15) is 0 Å². The Morgan fingerprint density at radius 1 is 0.222 bits per heavy atom. The van der Waals surface area contributed by atoms with Gasteiger partial charge < -0.3 is 35.6 Å². The van der Waals surface area contributed by atoms with Crippen molar-refractivity contribution in [2.45, 2.75) is 237 Å². The molecule has 0 aliphatic carbocycles. The van der Waals surface area contributed by atoms with Crippen molar-refractivity contribution in [3.8, 4) is 0 Å². The number of hydrogen-bond donors (Lipinski definition) is 4. The molecule has 0 atom stereocenters. The zero-order valence-electron chi connectivity index (χ0n) is 49.0. The first kappa shape index (κ1) is 60.3. The highest BCUT2D eigenvalue weighted by molar-refractivity contribution is 7.00. The molecule has 5 rings (SSSR count). The predicted octanol–water partition coefficient (Wildman–Crippen LogP) is 12.9. The molecule has 4 N–H and O–H groups in total. The molecule has 72 heavy (non-hydrogen) atoms. The van der Waals surface area contributed by atoms with Crippen molar-refractivity contribution >= 4 is 56.0 Å². The number of rotatable bonds is 16. The fourth-order valence-corrected chi connectivity index (χ4v) is 27.8. The maximum absolute atomic E-state index is 14.6. The second-order valence-corrected chi connectivity index (χ2v) is 34.8. The standard InChI is InChI=1S/C60H96O8Si4/c1-33(2)45-25-49(37(9)10)57(50(26-45)38(11)12)69(61)65-70(62,58-51(39(13)14)27-46(34(3)4)28-52(58)40(15)16)67-72(64,60-55(43(21)22)31-48(36(7)8)32-56(60)44(23)24)68-71(63,66-69)59-53(41(17)18)29-47(35(5)6)30-54(59)42(19)20/h25-44,61-64H,1-24H3. The molecule has 0 aromatic heterocycles. The molecule has 1 aliphatic rings. The first-order valence-electron chi connectivity index (χ1n) is 27.5. The monoisotopic (exact) mass is 1060 g/mol. The van der Waals surface area contributed by atoms with Gasteiger partial charge in [-0.05, 0) is 138 Å². The largest absolute Gasteiger partial charge is 0.520 e. The number of benzene rings is 4. The molecule has 1 heterocycles. The summed E-state index contributed by atoms with van der Waals surface area (Å²) in [5.74, 6) is -0.515. The molecule has 12 heteroatoms. The Labute approximate surface area is 441 Å². The van der Waals surface area contributed by atoms with E-state index >= 15 is 0 Å². The van der Waals surface area contributed by atoms with Gasteiger partial charge in [0.2, 0.25) is 0 Å². The van der Waals surface area contributed by atoms with Crippen molar-refractivity contribution in [1.82, 2.24) is 0 Å². The lowest BCUT2D eigenvalue weighted by Crippen LogP contribution is -2.82. The van der Waals surface area contributed by atoms with Gasteiger partial charge >= 0.3 is 35.2 Å². The molecule has 4 aromatic rings. The molecular weight excluding hydrogens is 961 g/mol. The number of hydrogen-bond acceptors (Lipinski definition) is 8. The molecule has 1 saturated heterocycles. The van der Waals surface area contributed by atoms with Crippen LogP contribution in [0.15, 0.2) is 48.5 Å². The van der Waals surface area contributed by atoms with Crippen molar-refractivity contribution in [2.75, 3.05) is 0 Å². The van der Waals surface area contributed by atoms with Gasteiger partial charge in [0.05, 0.1) is 0 Å². The van der Waals surface area contributed by atoms with Crippen molar-refractivity contribution in [3.05, 3.63) is 115 Å². The fourth-order valence-electron chi connectivity index (χ4n) is 10.5. The molecule has 400 valence electrons. The van der Waals surface area contributed by atoms with Gasteiger partial charge in [0.15, 0.2) is 0 Å². The van der Waals surface area contributed by atoms with E-state index < -0.39 is 35.2 Å². The summed E-state index contributed by atoms with van der Waals surface area (Å²) in [7, 11) is -21.1. The topological polar surface area (TPSA) is 118 Å². The van der Waals surface area contributed by atoms with Gasteiger partial charge in [-0.3, -0.25) is 0 Å². The molecule has 0 spiro atoms. The van der Waals surface area contributed by atoms with Gasteiger partial charge in [-0.1, -0.05) is 215 Å². The average molecular weight is 1060 g/mol. The summed E-state index contributed by atoms with van der Waals surface area (Å²) >= 11 is 0. The van der Waals surface area contributed by atoms with E-state index in [1.165, 1.54) is 0 Å². The van der Waals surface area contributed by atoms with E-state index in [0.717, 1.165) is 66.8 Å². The molecule has 0 saturated carbocycles. The van der Waals surface area contributed by atoms with E-state index in [0.29, 0.717) is 20.7 Å². The Balaban J connectivity index is 2.20. The summed E-state index contributed by atoms with van der Waals surface area (Å²) in [5.41, 5.74) is 10.8. The molecule has 8 nitrogen and oxygen atoms in total. The lowest BCUT2D eigenvalue weighted by molar-refractivity contribution is 0.0928. The minimum Gasteiger partial charge on any atom is -0.387 e. The van der Waals surface area contributed by atoms with Gasteiger partial charge in [0.25, 0.3) is 0 Å². The molecule has 0 amide bonds. The van der Waals surface area contributed by atoms with Crippen molar-refractivity contribution in [2.24, 2.45) is 0 Å². The average Bonchev–Trinajstić information content (AvgIpc) is 3.25. The van der Waals surface area contributed by atoms with Gasteiger partial charge in [0, 0.05) is 20.7 Å². The van der Waals surface area contributed by atoms with Crippen LogP contribution < -0.4 is 20.7 Å². The highest BCUT2D eigenvalue weighted by Gasteiger charge is 2.70. The second kappa shape index (κ2) is 22.6. The second-order valence-electron chi connectivity index (χ2n) is 24.9. The van der Waals surface area contributed by atoms with Crippen LogP contribution in [0.2, 0.25) is 0 Å². The zero-order chi connectivity index (χ0) is 54.7. The Morgan fingerprint density at radius 2 is 0.333 bits per heavy atom. The quantitative estimate of drug-likeness (QED) is 0.0820. The summed E-state index contributed by atoms with van der Waals surface area (Å²) < 4.78 is 30.3. The van der Waals surface area contributed by atoms with Crippen LogP contribution in [-0.2, 0) is 16.5 Å². The van der Waals surface area contributed by atoms with Crippen LogP contribution in [-0.4, -0.2) is 54.4 Å². The SMILES string of the molecule is CC(C)c1cc(C(C)C)c([Si]2(O)O[Si](O)(c3c(C(C)C)cc(C(C)C)cc3C(C)C)O[Si](O)(c3c(C(C)C)cc(C(C)C)cc3C(C)C)O[Si](O)(c3c(C(C)C)cc(C(C)C)cc3C(C)C)O2)c(C(C)C)c1. The maximum atomic E-state index is 14.6. The summed E-state index contributed by atoms with van der Waals surface area (Å²) in [6, 6.07) is 17.1.